The number of pyridine rings is 1. The lowest BCUT2D eigenvalue weighted by atomic mass is 10.2. The van der Waals surface area contributed by atoms with Crippen LogP contribution in [0.3, 0.4) is 0 Å². The summed E-state index contributed by atoms with van der Waals surface area (Å²) in [7, 11) is 0. The highest BCUT2D eigenvalue weighted by molar-refractivity contribution is 6.31. The van der Waals surface area contributed by atoms with Crippen molar-refractivity contribution >= 4 is 29.1 Å². The second-order valence-electron chi connectivity index (χ2n) is 6.72. The first-order chi connectivity index (χ1) is 15.4. The van der Waals surface area contributed by atoms with E-state index in [1.165, 1.54) is 18.4 Å². The molecule has 0 saturated carbocycles. The molecule has 1 aliphatic heterocycles. The van der Waals surface area contributed by atoms with Crippen LogP contribution in [0, 0.1) is 0 Å². The van der Waals surface area contributed by atoms with Crippen molar-refractivity contribution in [2.75, 3.05) is 44.4 Å². The lowest BCUT2D eigenvalue weighted by Gasteiger charge is -2.28. The summed E-state index contributed by atoms with van der Waals surface area (Å²) in [4.78, 5) is 30.4. The summed E-state index contributed by atoms with van der Waals surface area (Å²) >= 11 is 5.53. The van der Waals surface area contributed by atoms with Crippen LogP contribution in [0.15, 0.2) is 66.5 Å². The van der Waals surface area contributed by atoms with E-state index in [-0.39, 0.29) is 35.7 Å². The van der Waals surface area contributed by atoms with Gasteiger partial charge in [-0.05, 0) is 24.3 Å². The number of allylic oxidation sites excluding steroid dienone is 4. The molecule has 0 atom stereocenters. The molecule has 2 heterocycles. The fourth-order valence-electron chi connectivity index (χ4n) is 2.65. The van der Waals surface area contributed by atoms with Crippen molar-refractivity contribution in [3.05, 3.63) is 72.2 Å². The number of anilines is 1. The highest BCUT2D eigenvalue weighted by Crippen LogP contribution is 2.16. The summed E-state index contributed by atoms with van der Waals surface area (Å²) in [6.45, 7) is 9.70. The molecular weight excluding hydrogens is 439 g/mol. The monoisotopic (exact) mass is 464 g/mol. The third-order valence-electron chi connectivity index (χ3n) is 4.28. The molecule has 1 aromatic heterocycles. The van der Waals surface area contributed by atoms with E-state index in [9.17, 15) is 14.0 Å². The van der Waals surface area contributed by atoms with Crippen molar-refractivity contribution in [2.45, 2.75) is 6.42 Å². The maximum atomic E-state index is 12.6. The number of morpholine rings is 1. The lowest BCUT2D eigenvalue weighted by Crippen LogP contribution is -2.36. The largest absolute Gasteiger partial charge is 0.491 e. The SMILES string of the molecule is C=C(CCNC(=O)CO/C=C/C=C(/Cl)C(=C)F)NC(=O)c1cc(N2CCOCC2)ccn1. The van der Waals surface area contributed by atoms with E-state index < -0.39 is 5.83 Å². The van der Waals surface area contributed by atoms with E-state index in [0.29, 0.717) is 25.3 Å². The Hall–Kier alpha value is -3.17. The van der Waals surface area contributed by atoms with Gasteiger partial charge >= 0.3 is 0 Å². The standard InChI is InChI=1S/C22H26ClFN4O4/c1-16(5-7-26-21(29)15-32-11-3-4-19(23)17(2)24)27-22(30)20-14-18(6-8-25-20)28-9-12-31-13-10-28/h3-4,6,8,11,14H,1-2,5,7,9-10,12-13,15H2,(H,26,29)(H,27,30)/b11-3+,19-4+. The third-order valence-corrected chi connectivity index (χ3v) is 4.61. The summed E-state index contributed by atoms with van der Waals surface area (Å²) in [5.74, 6) is -1.49. The number of halogens is 2. The van der Waals surface area contributed by atoms with Crippen molar-refractivity contribution in [1.82, 2.24) is 15.6 Å². The molecule has 1 saturated heterocycles. The molecule has 0 unspecified atom stereocenters. The molecule has 0 bridgehead atoms. The average Bonchev–Trinajstić information content (AvgIpc) is 2.79. The molecule has 32 heavy (non-hydrogen) atoms. The van der Waals surface area contributed by atoms with Crippen LogP contribution in [-0.4, -0.2) is 56.3 Å². The number of carbonyl (C=O) groups excluding carboxylic acids is 2. The molecule has 8 nitrogen and oxygen atoms in total. The molecule has 0 spiro atoms. The second kappa shape index (κ2) is 13.3. The van der Waals surface area contributed by atoms with Gasteiger partial charge < -0.3 is 25.0 Å². The average molecular weight is 465 g/mol. The zero-order chi connectivity index (χ0) is 23.3. The minimum atomic E-state index is -0.762. The Morgan fingerprint density at radius 2 is 2.09 bits per heavy atom. The van der Waals surface area contributed by atoms with E-state index in [1.807, 2.05) is 6.07 Å². The number of carbonyl (C=O) groups is 2. The zero-order valence-corrected chi connectivity index (χ0v) is 18.4. The van der Waals surface area contributed by atoms with Crippen molar-refractivity contribution in [3.63, 3.8) is 0 Å². The van der Waals surface area contributed by atoms with Crippen molar-refractivity contribution in [3.8, 4) is 0 Å². The minimum absolute atomic E-state index is 0.155. The van der Waals surface area contributed by atoms with E-state index >= 15 is 0 Å². The fraction of sp³-hybridized carbons (Fsp3) is 0.318. The van der Waals surface area contributed by atoms with Crippen LogP contribution >= 0.6 is 11.6 Å². The van der Waals surface area contributed by atoms with Gasteiger partial charge in [0.15, 0.2) is 6.61 Å². The van der Waals surface area contributed by atoms with Gasteiger partial charge in [0, 0.05) is 43.6 Å². The minimum Gasteiger partial charge on any atom is -0.491 e. The van der Waals surface area contributed by atoms with E-state index in [2.05, 4.69) is 33.7 Å². The lowest BCUT2D eigenvalue weighted by molar-refractivity contribution is -0.123. The number of rotatable bonds is 11. The van der Waals surface area contributed by atoms with Crippen LogP contribution in [0.2, 0.25) is 0 Å². The molecule has 1 aliphatic rings. The van der Waals surface area contributed by atoms with Crippen molar-refractivity contribution in [1.29, 1.82) is 0 Å². The Bertz CT molecular complexity index is 898. The van der Waals surface area contributed by atoms with Gasteiger partial charge in [-0.3, -0.25) is 14.6 Å². The zero-order valence-electron chi connectivity index (χ0n) is 17.6. The molecule has 10 heteroatoms. The van der Waals surface area contributed by atoms with Gasteiger partial charge in [-0.1, -0.05) is 24.8 Å². The number of hydrogen-bond donors (Lipinski definition) is 2. The maximum absolute atomic E-state index is 12.6. The molecular formula is C22H26ClFN4O4. The molecule has 0 aromatic carbocycles. The summed E-state index contributed by atoms with van der Waals surface area (Å²) in [6, 6.07) is 3.58. The first-order valence-electron chi connectivity index (χ1n) is 9.90. The van der Waals surface area contributed by atoms with Gasteiger partial charge in [-0.25, -0.2) is 4.39 Å². The molecule has 1 aromatic rings. The van der Waals surface area contributed by atoms with Gasteiger partial charge in [0.25, 0.3) is 11.8 Å². The third kappa shape index (κ3) is 8.91. The molecule has 172 valence electrons. The number of hydrogen-bond acceptors (Lipinski definition) is 6. The van der Waals surface area contributed by atoms with Gasteiger partial charge in [0.2, 0.25) is 0 Å². The quantitative estimate of drug-likeness (QED) is 0.386. The normalized spacial score (nSPS) is 14.2. The number of ether oxygens (including phenoxy) is 2. The Morgan fingerprint density at radius 1 is 1.34 bits per heavy atom. The molecule has 2 rings (SSSR count). The number of nitrogens with zero attached hydrogens (tertiary/aromatic N) is 2. The predicted octanol–water partition coefficient (Wildman–Crippen LogP) is 2.80. The van der Waals surface area contributed by atoms with Crippen LogP contribution in [0.25, 0.3) is 0 Å². The van der Waals surface area contributed by atoms with Crippen LogP contribution in [0.4, 0.5) is 10.1 Å². The Labute approximate surface area is 191 Å². The summed E-state index contributed by atoms with van der Waals surface area (Å²) in [6.07, 6.45) is 5.74. The molecule has 2 amide bonds. The summed E-state index contributed by atoms with van der Waals surface area (Å²) in [5.41, 5.74) is 1.64. The topological polar surface area (TPSA) is 92.8 Å². The van der Waals surface area contributed by atoms with Gasteiger partial charge in [-0.2, -0.15) is 0 Å². The van der Waals surface area contributed by atoms with Crippen LogP contribution in [0.5, 0.6) is 0 Å². The highest BCUT2D eigenvalue weighted by atomic mass is 35.5. The van der Waals surface area contributed by atoms with E-state index in [0.717, 1.165) is 18.8 Å². The van der Waals surface area contributed by atoms with E-state index in [1.54, 1.807) is 12.3 Å². The van der Waals surface area contributed by atoms with Crippen LogP contribution in [-0.2, 0) is 14.3 Å². The van der Waals surface area contributed by atoms with E-state index in [4.69, 9.17) is 21.1 Å². The van der Waals surface area contributed by atoms with Crippen LogP contribution in [0.1, 0.15) is 16.9 Å². The summed E-state index contributed by atoms with van der Waals surface area (Å²) < 4.78 is 23.0. The predicted molar refractivity (Wildman–Crippen MR) is 121 cm³/mol. The smallest absolute Gasteiger partial charge is 0.274 e. The molecule has 2 N–H and O–H groups in total. The number of nitrogens with one attached hydrogen (secondary N) is 2. The first kappa shape index (κ1) is 25.1. The van der Waals surface area contributed by atoms with Crippen LogP contribution < -0.4 is 15.5 Å². The second-order valence-corrected chi connectivity index (χ2v) is 7.12. The fourth-order valence-corrected chi connectivity index (χ4v) is 2.72. The maximum Gasteiger partial charge on any atom is 0.274 e. The summed E-state index contributed by atoms with van der Waals surface area (Å²) in [5, 5.41) is 5.17. The molecule has 1 fully saturated rings. The van der Waals surface area contributed by atoms with Crippen molar-refractivity contribution < 1.29 is 23.5 Å². The van der Waals surface area contributed by atoms with Gasteiger partial charge in [-0.15, -0.1) is 0 Å². The molecule has 0 aliphatic carbocycles. The highest BCUT2D eigenvalue weighted by Gasteiger charge is 2.14. The van der Waals surface area contributed by atoms with Gasteiger partial charge in [0.1, 0.15) is 11.5 Å². The number of amides is 2. The Morgan fingerprint density at radius 3 is 2.81 bits per heavy atom. The van der Waals surface area contributed by atoms with Gasteiger partial charge in [0.05, 0.1) is 24.5 Å². The Kier molecular flexibility index (Phi) is 10.4. The molecule has 0 radical (unpaired) electrons. The number of aromatic nitrogens is 1. The Balaban J connectivity index is 1.69. The van der Waals surface area contributed by atoms with Crippen molar-refractivity contribution in [2.24, 2.45) is 0 Å². The first-order valence-corrected chi connectivity index (χ1v) is 10.3.